The summed E-state index contributed by atoms with van der Waals surface area (Å²) in [5.74, 6) is 0.676. The smallest absolute Gasteiger partial charge is 0.131 e. The molecule has 0 amide bonds. The van der Waals surface area contributed by atoms with Gasteiger partial charge >= 0.3 is 0 Å². The maximum Gasteiger partial charge on any atom is 0.131 e. The zero-order valence-electron chi connectivity index (χ0n) is 9.87. The van der Waals surface area contributed by atoms with E-state index in [1.165, 1.54) is 13.2 Å². The Morgan fingerprint density at radius 3 is 2.50 bits per heavy atom. The Hall–Kier alpha value is -0.800. The molecule has 0 aromatic heterocycles. The molecule has 2 nitrogen and oxygen atoms in total. The molecule has 0 aliphatic rings. The Kier molecular flexibility index (Phi) is 6.38. The van der Waals surface area contributed by atoms with E-state index in [1.54, 1.807) is 12.1 Å². The fourth-order valence-corrected chi connectivity index (χ4v) is 1.68. The van der Waals surface area contributed by atoms with E-state index >= 15 is 0 Å². The zero-order chi connectivity index (χ0) is 11.4. The topological polar surface area (TPSA) is 35.2 Å². The molecule has 0 saturated heterocycles. The Morgan fingerprint density at radius 1 is 1.38 bits per heavy atom. The molecule has 1 atom stereocenters. The van der Waals surface area contributed by atoms with Crippen molar-refractivity contribution in [2.24, 2.45) is 11.7 Å². The summed E-state index contributed by atoms with van der Waals surface area (Å²) in [5.41, 5.74) is 6.43. The Labute approximate surface area is 102 Å². The number of hydrogen-bond donors (Lipinski definition) is 1. The average Bonchev–Trinajstić information content (AvgIpc) is 2.15. The van der Waals surface area contributed by atoms with Crippen LogP contribution in [0.4, 0.5) is 4.39 Å². The summed E-state index contributed by atoms with van der Waals surface area (Å²) in [6.45, 7) is 4.13. The molecule has 92 valence electrons. The lowest BCUT2D eigenvalue weighted by molar-refractivity contribution is 0.391. The Bertz CT molecular complexity index is 331. The second-order valence-electron chi connectivity index (χ2n) is 4.09. The van der Waals surface area contributed by atoms with E-state index in [-0.39, 0.29) is 24.3 Å². The Balaban J connectivity index is 0.00000225. The molecule has 16 heavy (non-hydrogen) atoms. The summed E-state index contributed by atoms with van der Waals surface area (Å²) in [6, 6.07) is 4.47. The highest BCUT2D eigenvalue weighted by Crippen LogP contribution is 2.29. The number of nitrogens with two attached hydrogens (primary N) is 1. The van der Waals surface area contributed by atoms with Crippen LogP contribution in [0.2, 0.25) is 0 Å². The van der Waals surface area contributed by atoms with Gasteiger partial charge < -0.3 is 10.5 Å². The van der Waals surface area contributed by atoms with Crippen molar-refractivity contribution in [3.8, 4) is 5.75 Å². The first-order valence-electron chi connectivity index (χ1n) is 5.14. The molecule has 0 saturated carbocycles. The van der Waals surface area contributed by atoms with Crippen molar-refractivity contribution < 1.29 is 9.13 Å². The first-order valence-corrected chi connectivity index (χ1v) is 5.14. The molecule has 0 unspecified atom stereocenters. The van der Waals surface area contributed by atoms with E-state index in [0.717, 1.165) is 6.42 Å². The van der Waals surface area contributed by atoms with Crippen molar-refractivity contribution >= 4 is 12.4 Å². The van der Waals surface area contributed by atoms with Gasteiger partial charge in [0.05, 0.1) is 7.11 Å². The van der Waals surface area contributed by atoms with Crippen molar-refractivity contribution in [1.29, 1.82) is 0 Å². The van der Waals surface area contributed by atoms with Crippen molar-refractivity contribution in [1.82, 2.24) is 0 Å². The monoisotopic (exact) mass is 247 g/mol. The van der Waals surface area contributed by atoms with E-state index in [4.69, 9.17) is 10.5 Å². The standard InChI is InChI=1S/C12H18FNO.ClH/c1-8(2)7-10(14)12-9(13)5-4-6-11(12)15-3;/h4-6,8,10H,7,14H2,1-3H3;1H/t10-;/m0./s1. The van der Waals surface area contributed by atoms with Gasteiger partial charge in [-0.15, -0.1) is 12.4 Å². The van der Waals surface area contributed by atoms with Crippen LogP contribution in [-0.4, -0.2) is 7.11 Å². The zero-order valence-corrected chi connectivity index (χ0v) is 10.7. The van der Waals surface area contributed by atoms with Gasteiger partial charge in [0.1, 0.15) is 11.6 Å². The highest BCUT2D eigenvalue weighted by molar-refractivity contribution is 5.85. The lowest BCUT2D eigenvalue weighted by atomic mass is 9.97. The lowest BCUT2D eigenvalue weighted by Gasteiger charge is -2.18. The predicted molar refractivity (Wildman–Crippen MR) is 66.6 cm³/mol. The number of rotatable bonds is 4. The maximum atomic E-state index is 13.6. The van der Waals surface area contributed by atoms with Crippen LogP contribution in [0.5, 0.6) is 5.75 Å². The quantitative estimate of drug-likeness (QED) is 0.886. The van der Waals surface area contributed by atoms with Crippen molar-refractivity contribution in [2.45, 2.75) is 26.3 Å². The van der Waals surface area contributed by atoms with Crippen molar-refractivity contribution in [3.63, 3.8) is 0 Å². The fraction of sp³-hybridized carbons (Fsp3) is 0.500. The molecule has 0 fully saturated rings. The molecular formula is C12H19ClFNO. The molecule has 0 heterocycles. The molecule has 1 aromatic rings. The summed E-state index contributed by atoms with van der Waals surface area (Å²) >= 11 is 0. The number of methoxy groups -OCH3 is 1. The van der Waals surface area contributed by atoms with Gasteiger partial charge in [0.25, 0.3) is 0 Å². The number of hydrogen-bond acceptors (Lipinski definition) is 2. The minimum absolute atomic E-state index is 0. The van der Waals surface area contributed by atoms with Gasteiger partial charge in [0.2, 0.25) is 0 Å². The summed E-state index contributed by atoms with van der Waals surface area (Å²) in [5, 5.41) is 0. The van der Waals surface area contributed by atoms with Gasteiger partial charge in [-0.05, 0) is 24.5 Å². The van der Waals surface area contributed by atoms with E-state index in [2.05, 4.69) is 13.8 Å². The number of ether oxygens (including phenoxy) is 1. The van der Waals surface area contributed by atoms with Crippen LogP contribution in [0, 0.1) is 11.7 Å². The van der Waals surface area contributed by atoms with Gasteiger partial charge in [-0.2, -0.15) is 0 Å². The molecule has 0 aliphatic heterocycles. The Morgan fingerprint density at radius 2 is 2.00 bits per heavy atom. The summed E-state index contributed by atoms with van der Waals surface area (Å²) in [4.78, 5) is 0. The highest BCUT2D eigenvalue weighted by atomic mass is 35.5. The van der Waals surface area contributed by atoms with Gasteiger partial charge in [0.15, 0.2) is 0 Å². The summed E-state index contributed by atoms with van der Waals surface area (Å²) < 4.78 is 18.7. The van der Waals surface area contributed by atoms with E-state index in [0.29, 0.717) is 17.2 Å². The molecule has 4 heteroatoms. The number of halogens is 2. The van der Waals surface area contributed by atoms with Gasteiger partial charge in [-0.25, -0.2) is 4.39 Å². The predicted octanol–water partition coefficient (Wildman–Crippen LogP) is 3.30. The van der Waals surface area contributed by atoms with Crippen molar-refractivity contribution in [2.75, 3.05) is 7.11 Å². The van der Waals surface area contributed by atoms with Crippen LogP contribution in [-0.2, 0) is 0 Å². The van der Waals surface area contributed by atoms with Crippen LogP contribution < -0.4 is 10.5 Å². The van der Waals surface area contributed by atoms with Crippen LogP contribution in [0.3, 0.4) is 0 Å². The normalized spacial score (nSPS) is 12.1. The second-order valence-corrected chi connectivity index (χ2v) is 4.09. The molecule has 2 N–H and O–H groups in total. The van der Waals surface area contributed by atoms with E-state index < -0.39 is 0 Å². The first-order chi connectivity index (χ1) is 7.06. The second kappa shape index (κ2) is 6.71. The largest absolute Gasteiger partial charge is 0.496 e. The van der Waals surface area contributed by atoms with Gasteiger partial charge in [-0.3, -0.25) is 0 Å². The molecule has 0 spiro atoms. The SMILES string of the molecule is COc1cccc(F)c1[C@@H](N)CC(C)C.Cl. The average molecular weight is 248 g/mol. The third-order valence-corrected chi connectivity index (χ3v) is 2.33. The molecule has 0 radical (unpaired) electrons. The first kappa shape index (κ1) is 15.2. The minimum atomic E-state index is -0.304. The molecular weight excluding hydrogens is 229 g/mol. The fourth-order valence-electron chi connectivity index (χ4n) is 1.68. The highest BCUT2D eigenvalue weighted by Gasteiger charge is 2.17. The third kappa shape index (κ3) is 3.65. The van der Waals surface area contributed by atoms with Crippen LogP contribution in [0.1, 0.15) is 31.9 Å². The molecule has 1 aromatic carbocycles. The van der Waals surface area contributed by atoms with Crippen LogP contribution >= 0.6 is 12.4 Å². The lowest BCUT2D eigenvalue weighted by Crippen LogP contribution is -2.15. The molecule has 0 bridgehead atoms. The van der Waals surface area contributed by atoms with E-state index in [1.807, 2.05) is 0 Å². The number of benzene rings is 1. The van der Waals surface area contributed by atoms with E-state index in [9.17, 15) is 4.39 Å². The van der Waals surface area contributed by atoms with Crippen LogP contribution in [0.25, 0.3) is 0 Å². The van der Waals surface area contributed by atoms with Crippen molar-refractivity contribution in [3.05, 3.63) is 29.6 Å². The molecule has 1 rings (SSSR count). The van der Waals surface area contributed by atoms with Crippen LogP contribution in [0.15, 0.2) is 18.2 Å². The minimum Gasteiger partial charge on any atom is -0.496 e. The van der Waals surface area contributed by atoms with Gasteiger partial charge in [-0.1, -0.05) is 19.9 Å². The summed E-state index contributed by atoms with van der Waals surface area (Å²) in [7, 11) is 1.53. The maximum absolute atomic E-state index is 13.6. The summed E-state index contributed by atoms with van der Waals surface area (Å²) in [6.07, 6.45) is 0.747. The molecule has 0 aliphatic carbocycles. The van der Waals surface area contributed by atoms with Gasteiger partial charge in [0, 0.05) is 11.6 Å². The third-order valence-electron chi connectivity index (χ3n) is 2.33.